The molecule has 0 spiro atoms. The van der Waals surface area contributed by atoms with Crippen LogP contribution in [0.1, 0.15) is 46.5 Å². The van der Waals surface area contributed by atoms with Crippen molar-refractivity contribution in [1.29, 1.82) is 0 Å². The smallest absolute Gasteiger partial charge is 0.330 e. The Morgan fingerprint density at radius 3 is 2.65 bits per heavy atom. The van der Waals surface area contributed by atoms with Crippen LogP contribution in [0.15, 0.2) is 11.6 Å². The molecule has 3 fully saturated rings. The van der Waals surface area contributed by atoms with Crippen LogP contribution in [0.4, 0.5) is 0 Å². The number of carbonyl (C=O) groups excluding carboxylic acids is 1. The summed E-state index contributed by atoms with van der Waals surface area (Å²) in [6.07, 6.45) is 1.14. The lowest BCUT2D eigenvalue weighted by Crippen LogP contribution is -2.60. The summed E-state index contributed by atoms with van der Waals surface area (Å²) in [7, 11) is 0. The van der Waals surface area contributed by atoms with Crippen molar-refractivity contribution in [2.75, 3.05) is 6.61 Å². The Bertz CT molecular complexity index is 659. The van der Waals surface area contributed by atoms with Crippen LogP contribution in [0, 0.1) is 28.6 Å². The summed E-state index contributed by atoms with van der Waals surface area (Å²) in [4.78, 5) is 11.7. The van der Waals surface area contributed by atoms with Gasteiger partial charge in [0.2, 0.25) is 0 Å². The Kier molecular flexibility index (Phi) is 3.92. The molecule has 3 aliphatic carbocycles. The molecule has 26 heavy (non-hydrogen) atoms. The van der Waals surface area contributed by atoms with Crippen molar-refractivity contribution >= 4 is 5.97 Å². The van der Waals surface area contributed by atoms with E-state index in [1.54, 1.807) is 6.92 Å². The normalized spacial score (nSPS) is 54.5. The van der Waals surface area contributed by atoms with Gasteiger partial charge in [-0.3, -0.25) is 0 Å². The van der Waals surface area contributed by atoms with Gasteiger partial charge in [-0.1, -0.05) is 13.8 Å². The van der Waals surface area contributed by atoms with E-state index in [4.69, 9.17) is 4.74 Å². The second-order valence-electron chi connectivity index (χ2n) is 9.50. The number of hydrogen-bond donors (Lipinski definition) is 4. The first-order chi connectivity index (χ1) is 12.0. The highest BCUT2D eigenvalue weighted by molar-refractivity contribution is 5.84. The summed E-state index contributed by atoms with van der Waals surface area (Å²) < 4.78 is 5.31. The number of carbonyl (C=O) groups is 1. The molecule has 0 bridgehead atoms. The number of rotatable bonds is 1. The van der Waals surface area contributed by atoms with E-state index in [0.29, 0.717) is 12.8 Å². The van der Waals surface area contributed by atoms with Crippen LogP contribution in [-0.4, -0.2) is 56.9 Å². The van der Waals surface area contributed by atoms with E-state index in [9.17, 15) is 25.2 Å². The van der Waals surface area contributed by atoms with Crippen molar-refractivity contribution in [3.8, 4) is 0 Å². The zero-order valence-electron chi connectivity index (χ0n) is 15.7. The van der Waals surface area contributed by atoms with Crippen molar-refractivity contribution in [1.82, 2.24) is 0 Å². The van der Waals surface area contributed by atoms with Gasteiger partial charge in [-0.15, -0.1) is 0 Å². The zero-order chi connectivity index (χ0) is 19.1. The second-order valence-corrected chi connectivity index (χ2v) is 9.50. The van der Waals surface area contributed by atoms with E-state index in [1.807, 2.05) is 13.8 Å². The Morgan fingerprint density at radius 2 is 2.00 bits per heavy atom. The van der Waals surface area contributed by atoms with Gasteiger partial charge in [0.25, 0.3) is 0 Å². The molecular formula is C20H30O6. The van der Waals surface area contributed by atoms with E-state index in [-0.39, 0.29) is 30.8 Å². The predicted octanol–water partition coefficient (Wildman–Crippen LogP) is 0.766. The molecule has 4 rings (SSSR count). The summed E-state index contributed by atoms with van der Waals surface area (Å²) in [6, 6.07) is 0. The lowest BCUT2D eigenvalue weighted by Gasteiger charge is -2.59. The van der Waals surface area contributed by atoms with Crippen LogP contribution in [-0.2, 0) is 9.53 Å². The van der Waals surface area contributed by atoms with Crippen LogP contribution in [0.2, 0.25) is 0 Å². The molecule has 4 N–H and O–H groups in total. The van der Waals surface area contributed by atoms with Crippen molar-refractivity contribution in [3.05, 3.63) is 11.6 Å². The molecule has 3 saturated carbocycles. The molecular weight excluding hydrogens is 336 g/mol. The van der Waals surface area contributed by atoms with Gasteiger partial charge in [-0.05, 0) is 49.5 Å². The van der Waals surface area contributed by atoms with Crippen LogP contribution in [0.25, 0.3) is 0 Å². The average Bonchev–Trinajstić information content (AvgIpc) is 2.77. The minimum atomic E-state index is -1.33. The molecule has 6 heteroatoms. The largest absolute Gasteiger partial charge is 0.462 e. The molecule has 0 unspecified atom stereocenters. The van der Waals surface area contributed by atoms with E-state index < -0.39 is 40.7 Å². The summed E-state index contributed by atoms with van der Waals surface area (Å²) in [5.74, 6) is -0.439. The first-order valence-corrected chi connectivity index (χ1v) is 9.70. The first kappa shape index (κ1) is 18.4. The third-order valence-corrected chi connectivity index (χ3v) is 8.42. The molecule has 0 aromatic rings. The third kappa shape index (κ3) is 2.10. The van der Waals surface area contributed by atoms with Gasteiger partial charge in [-0.2, -0.15) is 0 Å². The minimum absolute atomic E-state index is 0.00507. The number of esters is 1. The number of ether oxygens (including phenoxy) is 1. The van der Waals surface area contributed by atoms with Crippen molar-refractivity contribution < 1.29 is 30.0 Å². The predicted molar refractivity (Wildman–Crippen MR) is 92.8 cm³/mol. The number of aliphatic hydroxyl groups excluding tert-OH is 3. The molecule has 9 atom stereocenters. The van der Waals surface area contributed by atoms with Crippen LogP contribution in [0.5, 0.6) is 0 Å². The van der Waals surface area contributed by atoms with Crippen LogP contribution in [0.3, 0.4) is 0 Å². The molecule has 0 aromatic carbocycles. The Morgan fingerprint density at radius 1 is 1.31 bits per heavy atom. The number of cyclic esters (lactones) is 1. The standard InChI is InChI=1S/C20H30O6/c1-10(21)20(25)8-15(23)17-11-6-14(22)13-7-16(24)26-9-18(13,2)12(11)4-5-19(17,20)3/h7,10-12,14-15,17,21-23,25H,4-6,8-9H2,1-3H3/t10-,11+,12-,14+,15+,17+,18+,19-,20-/m0/s1. The van der Waals surface area contributed by atoms with E-state index >= 15 is 0 Å². The van der Waals surface area contributed by atoms with Gasteiger partial charge in [0.1, 0.15) is 6.61 Å². The highest BCUT2D eigenvalue weighted by atomic mass is 16.5. The van der Waals surface area contributed by atoms with E-state index in [2.05, 4.69) is 0 Å². The number of hydrogen-bond acceptors (Lipinski definition) is 6. The second kappa shape index (κ2) is 5.53. The summed E-state index contributed by atoms with van der Waals surface area (Å²) in [5, 5.41) is 43.2. The SMILES string of the molecule is C[C@H](O)[C@@]1(O)C[C@@H](O)[C@H]2[C@@H]3C[C@@H](O)C4=CC(=O)OC[C@]4(C)[C@H]3CC[C@@]21C. The van der Waals surface area contributed by atoms with Crippen molar-refractivity contribution in [3.63, 3.8) is 0 Å². The third-order valence-electron chi connectivity index (χ3n) is 8.42. The fourth-order valence-corrected chi connectivity index (χ4v) is 7.02. The lowest BCUT2D eigenvalue weighted by atomic mass is 9.46. The number of fused-ring (bicyclic) bond motifs is 5. The van der Waals surface area contributed by atoms with Gasteiger partial charge < -0.3 is 25.2 Å². The lowest BCUT2D eigenvalue weighted by molar-refractivity contribution is -0.183. The molecule has 1 heterocycles. The van der Waals surface area contributed by atoms with E-state index in [0.717, 1.165) is 12.0 Å². The topological polar surface area (TPSA) is 107 Å². The molecule has 4 aliphatic rings. The Balaban J connectivity index is 1.76. The van der Waals surface area contributed by atoms with Gasteiger partial charge in [0, 0.05) is 23.3 Å². The average molecular weight is 366 g/mol. The minimum Gasteiger partial charge on any atom is -0.462 e. The van der Waals surface area contributed by atoms with Crippen molar-refractivity contribution in [2.24, 2.45) is 28.6 Å². The molecule has 6 nitrogen and oxygen atoms in total. The molecule has 0 aromatic heterocycles. The van der Waals surface area contributed by atoms with Gasteiger partial charge in [0.15, 0.2) is 0 Å². The monoisotopic (exact) mass is 366 g/mol. The van der Waals surface area contributed by atoms with Gasteiger partial charge in [-0.25, -0.2) is 4.79 Å². The number of aliphatic hydroxyl groups is 4. The molecule has 146 valence electrons. The van der Waals surface area contributed by atoms with Crippen LogP contribution < -0.4 is 0 Å². The van der Waals surface area contributed by atoms with Gasteiger partial charge in [0.05, 0.1) is 23.9 Å². The van der Waals surface area contributed by atoms with E-state index in [1.165, 1.54) is 6.08 Å². The van der Waals surface area contributed by atoms with Crippen LogP contribution >= 0.6 is 0 Å². The quantitative estimate of drug-likeness (QED) is 0.511. The maximum absolute atomic E-state index is 11.7. The van der Waals surface area contributed by atoms with Crippen molar-refractivity contribution in [2.45, 2.75) is 70.4 Å². The summed E-state index contributed by atoms with van der Waals surface area (Å²) in [6.45, 7) is 5.84. The zero-order valence-corrected chi connectivity index (χ0v) is 15.7. The maximum Gasteiger partial charge on any atom is 0.330 e. The first-order valence-electron chi connectivity index (χ1n) is 9.70. The molecule has 0 saturated heterocycles. The molecule has 1 aliphatic heterocycles. The Labute approximate surface area is 153 Å². The highest BCUT2D eigenvalue weighted by Gasteiger charge is 2.69. The molecule has 0 amide bonds. The highest BCUT2D eigenvalue weighted by Crippen LogP contribution is 2.67. The fraction of sp³-hybridized carbons (Fsp3) is 0.850. The summed E-state index contributed by atoms with van der Waals surface area (Å²) in [5.41, 5.74) is -1.63. The van der Waals surface area contributed by atoms with Gasteiger partial charge >= 0.3 is 5.97 Å². The summed E-state index contributed by atoms with van der Waals surface area (Å²) >= 11 is 0. The fourth-order valence-electron chi connectivity index (χ4n) is 7.02. The Hall–Kier alpha value is -0.950. The molecule has 0 radical (unpaired) electrons. The maximum atomic E-state index is 11.7.